The van der Waals surface area contributed by atoms with Gasteiger partial charge in [0.2, 0.25) is 0 Å². The average molecular weight is 590 g/mol. The van der Waals surface area contributed by atoms with Crippen LogP contribution in [0.3, 0.4) is 0 Å². The Balaban J connectivity index is 1.27. The van der Waals surface area contributed by atoms with Gasteiger partial charge in [-0.3, -0.25) is 4.98 Å². The molecule has 6 aromatic rings. The van der Waals surface area contributed by atoms with Gasteiger partial charge < -0.3 is 0 Å². The van der Waals surface area contributed by atoms with Gasteiger partial charge in [-0.2, -0.15) is 0 Å². The van der Waals surface area contributed by atoms with Crippen LogP contribution in [0.1, 0.15) is 18.5 Å². The van der Waals surface area contributed by atoms with E-state index in [1.807, 2.05) is 24.4 Å². The predicted molar refractivity (Wildman–Crippen MR) is 190 cm³/mol. The summed E-state index contributed by atoms with van der Waals surface area (Å²) in [5.74, 6) is 1.42. The van der Waals surface area contributed by atoms with Gasteiger partial charge in [0.25, 0.3) is 0 Å². The summed E-state index contributed by atoms with van der Waals surface area (Å²) in [6, 6.07) is 36.3. The first-order valence-corrected chi connectivity index (χ1v) is 16.1. The Morgan fingerprint density at radius 1 is 0.630 bits per heavy atom. The van der Waals surface area contributed by atoms with Crippen LogP contribution in [0, 0.1) is 11.8 Å². The fourth-order valence-electron chi connectivity index (χ4n) is 7.35. The molecule has 3 heteroatoms. The summed E-state index contributed by atoms with van der Waals surface area (Å²) in [6.07, 6.45) is 20.1. The minimum atomic E-state index is 0.308. The molecule has 2 atom stereocenters. The number of rotatable bonds is 4. The lowest BCUT2D eigenvalue weighted by molar-refractivity contribution is 0.623. The summed E-state index contributed by atoms with van der Waals surface area (Å²) in [5, 5.41) is 4.89. The molecule has 3 aliphatic carbocycles. The Bertz CT molecular complexity index is 2300. The second-order valence-electron chi connectivity index (χ2n) is 12.3. The molecule has 0 bridgehead atoms. The van der Waals surface area contributed by atoms with E-state index in [9.17, 15) is 0 Å². The molecule has 3 nitrogen and oxygen atoms in total. The maximum absolute atomic E-state index is 5.33. The summed E-state index contributed by atoms with van der Waals surface area (Å²) in [5.41, 5.74) is 10.1. The molecule has 218 valence electrons. The van der Waals surface area contributed by atoms with Crippen LogP contribution >= 0.6 is 0 Å². The number of benzene rings is 4. The zero-order chi connectivity index (χ0) is 30.5. The Kier molecular flexibility index (Phi) is 6.41. The Labute approximate surface area is 268 Å². The van der Waals surface area contributed by atoms with E-state index >= 15 is 0 Å². The maximum Gasteiger partial charge on any atom is 0.160 e. The normalized spacial score (nSPS) is 18.5. The number of pyridine rings is 1. The lowest BCUT2D eigenvalue weighted by Gasteiger charge is -2.33. The molecule has 0 N–H and O–H groups in total. The van der Waals surface area contributed by atoms with Crippen molar-refractivity contribution in [3.63, 3.8) is 0 Å². The van der Waals surface area contributed by atoms with Crippen LogP contribution in [0.4, 0.5) is 0 Å². The van der Waals surface area contributed by atoms with Crippen LogP contribution in [0.5, 0.6) is 0 Å². The van der Waals surface area contributed by atoms with Crippen molar-refractivity contribution in [2.75, 3.05) is 0 Å². The standard InChI is InChI=1S/C43H31N3/c1-3-13-32-30(11-1)25-38(36-17-7-5-15-34(32)36)41-27-42(39-26-31-12-2-4-14-33(31)35-16-6-8-18-37(35)39)46-43(45-41)29-22-20-28(21-23-29)40-19-9-10-24-44-40/h1-7,9-17,19-27,31,33H,8,18H2. The van der Waals surface area contributed by atoms with Gasteiger partial charge in [0, 0.05) is 40.3 Å². The van der Waals surface area contributed by atoms with E-state index in [1.54, 1.807) is 0 Å². The minimum Gasteiger partial charge on any atom is -0.256 e. The van der Waals surface area contributed by atoms with Gasteiger partial charge in [0.1, 0.15) is 0 Å². The summed E-state index contributed by atoms with van der Waals surface area (Å²) in [7, 11) is 0. The highest BCUT2D eigenvalue weighted by Crippen LogP contribution is 2.45. The van der Waals surface area contributed by atoms with Crippen molar-refractivity contribution in [2.45, 2.75) is 12.8 Å². The van der Waals surface area contributed by atoms with E-state index < -0.39 is 0 Å². The van der Waals surface area contributed by atoms with Crippen LogP contribution < -0.4 is 0 Å². The lowest BCUT2D eigenvalue weighted by Crippen LogP contribution is -2.20. The van der Waals surface area contributed by atoms with Crippen molar-refractivity contribution in [3.8, 4) is 33.9 Å². The van der Waals surface area contributed by atoms with Crippen LogP contribution in [-0.4, -0.2) is 15.0 Å². The third kappa shape index (κ3) is 4.55. The molecule has 0 saturated carbocycles. The molecule has 0 radical (unpaired) electrons. The van der Waals surface area contributed by atoms with Gasteiger partial charge in [0.05, 0.1) is 17.1 Å². The molecule has 3 aliphatic rings. The Hall–Kier alpha value is -5.67. The van der Waals surface area contributed by atoms with E-state index in [0.717, 1.165) is 52.4 Å². The number of hydrogen-bond donors (Lipinski definition) is 0. The first-order chi connectivity index (χ1) is 22.8. The number of allylic oxidation sites excluding steroid dienone is 10. The predicted octanol–water partition coefficient (Wildman–Crippen LogP) is 10.6. The minimum absolute atomic E-state index is 0.308. The van der Waals surface area contributed by atoms with Gasteiger partial charge in [-0.05, 0) is 69.8 Å². The molecule has 0 amide bonds. The third-order valence-corrected chi connectivity index (χ3v) is 9.58. The zero-order valence-electron chi connectivity index (χ0n) is 25.3. The van der Waals surface area contributed by atoms with Crippen molar-refractivity contribution in [1.29, 1.82) is 0 Å². The van der Waals surface area contributed by atoms with Crippen molar-refractivity contribution in [2.24, 2.45) is 11.8 Å². The van der Waals surface area contributed by atoms with Gasteiger partial charge in [0.15, 0.2) is 5.82 Å². The molecule has 2 heterocycles. The molecular formula is C43H31N3. The zero-order valence-corrected chi connectivity index (χ0v) is 25.3. The molecule has 0 saturated heterocycles. The lowest BCUT2D eigenvalue weighted by atomic mass is 9.71. The second-order valence-corrected chi connectivity index (χ2v) is 12.3. The van der Waals surface area contributed by atoms with E-state index in [1.165, 1.54) is 38.3 Å². The molecule has 2 unspecified atom stereocenters. The first-order valence-electron chi connectivity index (χ1n) is 16.1. The maximum atomic E-state index is 5.33. The van der Waals surface area contributed by atoms with Crippen LogP contribution in [0.15, 0.2) is 163 Å². The Morgan fingerprint density at radius 2 is 1.39 bits per heavy atom. The molecule has 4 aromatic carbocycles. The third-order valence-electron chi connectivity index (χ3n) is 9.58. The molecule has 0 spiro atoms. The number of hydrogen-bond acceptors (Lipinski definition) is 3. The molecule has 46 heavy (non-hydrogen) atoms. The van der Waals surface area contributed by atoms with E-state index in [0.29, 0.717) is 11.8 Å². The number of nitrogens with zero attached hydrogens (tertiary/aromatic N) is 3. The highest BCUT2D eigenvalue weighted by Gasteiger charge is 2.31. The van der Waals surface area contributed by atoms with Crippen LogP contribution in [-0.2, 0) is 0 Å². The largest absolute Gasteiger partial charge is 0.256 e. The van der Waals surface area contributed by atoms with Gasteiger partial charge in [-0.1, -0.05) is 121 Å². The average Bonchev–Trinajstić information content (AvgIpc) is 3.14. The summed E-state index contributed by atoms with van der Waals surface area (Å²) >= 11 is 0. The highest BCUT2D eigenvalue weighted by atomic mass is 14.9. The topological polar surface area (TPSA) is 38.7 Å². The smallest absolute Gasteiger partial charge is 0.160 e. The number of aromatic nitrogens is 3. The molecule has 0 fully saturated rings. The van der Waals surface area contributed by atoms with Crippen LogP contribution in [0.25, 0.3) is 61.0 Å². The fraction of sp³-hybridized carbons (Fsp3) is 0.0930. The van der Waals surface area contributed by atoms with Crippen molar-refractivity contribution >= 4 is 27.1 Å². The molecule has 9 rings (SSSR count). The monoisotopic (exact) mass is 589 g/mol. The number of fused-ring (bicyclic) bond motifs is 5. The summed E-state index contributed by atoms with van der Waals surface area (Å²) in [4.78, 5) is 15.2. The fourth-order valence-corrected chi connectivity index (χ4v) is 7.35. The van der Waals surface area contributed by atoms with Crippen molar-refractivity contribution in [3.05, 3.63) is 169 Å². The van der Waals surface area contributed by atoms with E-state index in [4.69, 9.17) is 9.97 Å². The summed E-state index contributed by atoms with van der Waals surface area (Å²) < 4.78 is 0. The molecular weight excluding hydrogens is 558 g/mol. The quantitative estimate of drug-likeness (QED) is 0.192. The van der Waals surface area contributed by atoms with E-state index in [2.05, 4.69) is 132 Å². The molecule has 2 aromatic heterocycles. The second kappa shape index (κ2) is 11.0. The van der Waals surface area contributed by atoms with Crippen molar-refractivity contribution in [1.82, 2.24) is 15.0 Å². The van der Waals surface area contributed by atoms with Gasteiger partial charge in [-0.15, -0.1) is 0 Å². The van der Waals surface area contributed by atoms with Crippen LogP contribution in [0.2, 0.25) is 0 Å². The summed E-state index contributed by atoms with van der Waals surface area (Å²) in [6.45, 7) is 0. The SMILES string of the molecule is C1=CC2C=C(c3cc(-c4cc5ccccc5c5ccccc45)nc(-c4ccc(-c5ccccn5)cc4)n3)C3=C(C=CCC3)C2C=C1. The van der Waals surface area contributed by atoms with E-state index in [-0.39, 0.29) is 0 Å². The Morgan fingerprint density at radius 3 is 2.26 bits per heavy atom. The van der Waals surface area contributed by atoms with Crippen molar-refractivity contribution < 1.29 is 0 Å². The van der Waals surface area contributed by atoms with Gasteiger partial charge >= 0.3 is 0 Å². The first kappa shape index (κ1) is 26.7. The van der Waals surface area contributed by atoms with Gasteiger partial charge in [-0.25, -0.2) is 9.97 Å². The highest BCUT2D eigenvalue weighted by molar-refractivity contribution is 6.13. The molecule has 0 aliphatic heterocycles.